The molecule has 1 aromatic heterocycles. The molecule has 1 aliphatic rings. The molecule has 0 aliphatic carbocycles. The molecule has 1 aromatic carbocycles. The predicted octanol–water partition coefficient (Wildman–Crippen LogP) is 2.55. The highest BCUT2D eigenvalue weighted by Crippen LogP contribution is 2.17. The molecule has 2 aromatic rings. The molecule has 22 heavy (non-hydrogen) atoms. The minimum absolute atomic E-state index is 0. The zero-order valence-corrected chi connectivity index (χ0v) is 15.3. The molecular formula is C16H22IN5. The Morgan fingerprint density at radius 1 is 1.23 bits per heavy atom. The van der Waals surface area contributed by atoms with Crippen molar-refractivity contribution >= 4 is 29.9 Å². The van der Waals surface area contributed by atoms with Gasteiger partial charge in [-0.2, -0.15) is 5.10 Å². The molecule has 0 spiro atoms. The summed E-state index contributed by atoms with van der Waals surface area (Å²) >= 11 is 0. The van der Waals surface area contributed by atoms with Crippen molar-refractivity contribution in [2.45, 2.75) is 26.8 Å². The minimum Gasteiger partial charge on any atom is -0.356 e. The molecule has 6 heteroatoms. The Morgan fingerprint density at radius 3 is 2.68 bits per heavy atom. The Bertz CT molecular complexity index is 648. The first-order chi connectivity index (χ1) is 10.3. The highest BCUT2D eigenvalue weighted by Gasteiger charge is 2.13. The highest BCUT2D eigenvalue weighted by atomic mass is 127. The van der Waals surface area contributed by atoms with Crippen LogP contribution < -0.4 is 10.6 Å². The van der Waals surface area contributed by atoms with Gasteiger partial charge in [-0.25, -0.2) is 4.68 Å². The fraction of sp³-hybridized carbons (Fsp3) is 0.375. The maximum Gasteiger partial charge on any atom is 0.191 e. The monoisotopic (exact) mass is 411 g/mol. The lowest BCUT2D eigenvalue weighted by Crippen LogP contribution is -2.40. The van der Waals surface area contributed by atoms with Gasteiger partial charge in [0.15, 0.2) is 5.96 Å². The molecule has 0 saturated carbocycles. The lowest BCUT2D eigenvalue weighted by Gasteiger charge is -2.16. The second kappa shape index (κ2) is 7.62. The third-order valence-electron chi connectivity index (χ3n) is 3.77. The molecule has 0 radical (unpaired) electrons. The van der Waals surface area contributed by atoms with Crippen LogP contribution in [0, 0.1) is 13.8 Å². The largest absolute Gasteiger partial charge is 0.356 e. The Kier molecular flexibility index (Phi) is 5.82. The first kappa shape index (κ1) is 16.8. The van der Waals surface area contributed by atoms with Crippen molar-refractivity contribution in [1.29, 1.82) is 0 Å². The van der Waals surface area contributed by atoms with Crippen LogP contribution in [0.1, 0.15) is 23.4 Å². The molecule has 0 fully saturated rings. The number of nitrogens with one attached hydrogen (secondary N) is 2. The van der Waals surface area contributed by atoms with Gasteiger partial charge in [0.25, 0.3) is 0 Å². The van der Waals surface area contributed by atoms with Gasteiger partial charge in [0.2, 0.25) is 0 Å². The number of guanidine groups is 1. The van der Waals surface area contributed by atoms with E-state index in [1.54, 1.807) is 0 Å². The second-order valence-electron chi connectivity index (χ2n) is 5.26. The number of para-hydroxylation sites is 1. The van der Waals surface area contributed by atoms with E-state index in [2.05, 4.69) is 46.7 Å². The van der Waals surface area contributed by atoms with E-state index >= 15 is 0 Å². The summed E-state index contributed by atoms with van der Waals surface area (Å²) in [5, 5.41) is 11.3. The molecular weight excluding hydrogens is 389 g/mol. The molecule has 2 heterocycles. The predicted molar refractivity (Wildman–Crippen MR) is 100 cm³/mol. The lowest BCUT2D eigenvalue weighted by atomic mass is 10.2. The van der Waals surface area contributed by atoms with Gasteiger partial charge in [-0.05, 0) is 32.4 Å². The minimum atomic E-state index is 0. The van der Waals surface area contributed by atoms with E-state index in [0.717, 1.165) is 43.4 Å². The van der Waals surface area contributed by atoms with Crippen molar-refractivity contribution in [2.24, 2.45) is 4.99 Å². The van der Waals surface area contributed by atoms with Crippen LogP contribution in [0.2, 0.25) is 0 Å². The molecule has 1 aliphatic heterocycles. The van der Waals surface area contributed by atoms with E-state index in [1.165, 1.54) is 11.3 Å². The Labute approximate surface area is 148 Å². The van der Waals surface area contributed by atoms with Crippen LogP contribution in [0.3, 0.4) is 0 Å². The zero-order valence-electron chi connectivity index (χ0n) is 13.0. The standard InChI is InChI=1S/C16H21N5.HI/c1-12-15(11-19-16-17-9-6-10-18-16)13(2)21(20-12)14-7-4-3-5-8-14;/h3-5,7-8H,6,9-11H2,1-2H3,(H2,17,18,19);1H. The Morgan fingerprint density at radius 2 is 2.00 bits per heavy atom. The SMILES string of the molecule is Cc1nn(-c2ccccc2)c(C)c1CNC1=NCCCN1.I. The normalized spacial score (nSPS) is 13.8. The topological polar surface area (TPSA) is 54.2 Å². The quantitative estimate of drug-likeness (QED) is 0.764. The first-order valence-corrected chi connectivity index (χ1v) is 7.38. The third-order valence-corrected chi connectivity index (χ3v) is 3.77. The highest BCUT2D eigenvalue weighted by molar-refractivity contribution is 14.0. The Hall–Kier alpha value is -1.57. The van der Waals surface area contributed by atoms with Gasteiger partial charge >= 0.3 is 0 Å². The smallest absolute Gasteiger partial charge is 0.191 e. The van der Waals surface area contributed by atoms with Crippen molar-refractivity contribution in [1.82, 2.24) is 20.4 Å². The average Bonchev–Trinajstić information content (AvgIpc) is 2.82. The maximum absolute atomic E-state index is 4.66. The molecule has 3 rings (SSSR count). The summed E-state index contributed by atoms with van der Waals surface area (Å²) in [5.74, 6) is 0.896. The van der Waals surface area contributed by atoms with Gasteiger partial charge < -0.3 is 10.6 Å². The van der Waals surface area contributed by atoms with Crippen molar-refractivity contribution in [3.05, 3.63) is 47.3 Å². The average molecular weight is 411 g/mol. The summed E-state index contributed by atoms with van der Waals surface area (Å²) in [6.45, 7) is 6.81. The molecule has 2 N–H and O–H groups in total. The number of benzene rings is 1. The second-order valence-corrected chi connectivity index (χ2v) is 5.26. The van der Waals surface area contributed by atoms with Crippen LogP contribution in [0.15, 0.2) is 35.3 Å². The molecule has 0 unspecified atom stereocenters. The number of aliphatic imine (C=N–C) groups is 1. The lowest BCUT2D eigenvalue weighted by molar-refractivity contribution is 0.700. The number of aryl methyl sites for hydroxylation is 1. The molecule has 5 nitrogen and oxygen atoms in total. The Balaban J connectivity index is 0.00000176. The zero-order chi connectivity index (χ0) is 14.7. The number of hydrogen-bond acceptors (Lipinski definition) is 4. The fourth-order valence-corrected chi connectivity index (χ4v) is 2.57. The van der Waals surface area contributed by atoms with Crippen LogP contribution in [0.25, 0.3) is 5.69 Å². The van der Waals surface area contributed by atoms with Crippen LogP contribution >= 0.6 is 24.0 Å². The molecule has 0 amide bonds. The third kappa shape index (κ3) is 3.60. The van der Waals surface area contributed by atoms with E-state index in [1.807, 2.05) is 22.9 Å². The summed E-state index contributed by atoms with van der Waals surface area (Å²) in [6.07, 6.45) is 1.11. The number of halogens is 1. The summed E-state index contributed by atoms with van der Waals surface area (Å²) in [7, 11) is 0. The van der Waals surface area contributed by atoms with Gasteiger partial charge in [0, 0.05) is 30.9 Å². The van der Waals surface area contributed by atoms with Gasteiger partial charge in [-0.15, -0.1) is 24.0 Å². The van der Waals surface area contributed by atoms with Gasteiger partial charge in [-0.3, -0.25) is 4.99 Å². The van der Waals surface area contributed by atoms with E-state index in [-0.39, 0.29) is 24.0 Å². The van der Waals surface area contributed by atoms with Crippen LogP contribution in [0.5, 0.6) is 0 Å². The van der Waals surface area contributed by atoms with Gasteiger partial charge in [-0.1, -0.05) is 18.2 Å². The van der Waals surface area contributed by atoms with Crippen molar-refractivity contribution in [3.8, 4) is 5.69 Å². The van der Waals surface area contributed by atoms with Crippen molar-refractivity contribution in [3.63, 3.8) is 0 Å². The molecule has 0 saturated heterocycles. The van der Waals surface area contributed by atoms with Crippen molar-refractivity contribution < 1.29 is 0 Å². The van der Waals surface area contributed by atoms with E-state index in [9.17, 15) is 0 Å². The van der Waals surface area contributed by atoms with Gasteiger partial charge in [0.05, 0.1) is 11.4 Å². The van der Waals surface area contributed by atoms with Crippen LogP contribution in [-0.4, -0.2) is 28.8 Å². The van der Waals surface area contributed by atoms with Crippen LogP contribution in [0.4, 0.5) is 0 Å². The van der Waals surface area contributed by atoms with E-state index in [0.29, 0.717) is 0 Å². The number of nitrogens with zero attached hydrogens (tertiary/aromatic N) is 3. The number of rotatable bonds is 3. The number of hydrogen-bond donors (Lipinski definition) is 2. The molecule has 118 valence electrons. The van der Waals surface area contributed by atoms with Crippen molar-refractivity contribution in [2.75, 3.05) is 13.1 Å². The number of aromatic nitrogens is 2. The van der Waals surface area contributed by atoms with Gasteiger partial charge in [0.1, 0.15) is 0 Å². The van der Waals surface area contributed by atoms with E-state index in [4.69, 9.17) is 0 Å². The molecule has 0 atom stereocenters. The summed E-state index contributed by atoms with van der Waals surface area (Å²) < 4.78 is 2.00. The maximum atomic E-state index is 4.66. The first-order valence-electron chi connectivity index (χ1n) is 7.38. The molecule has 0 bridgehead atoms. The summed E-state index contributed by atoms with van der Waals surface area (Å²) in [6, 6.07) is 10.2. The summed E-state index contributed by atoms with van der Waals surface area (Å²) in [4.78, 5) is 4.44. The van der Waals surface area contributed by atoms with E-state index < -0.39 is 0 Å². The summed E-state index contributed by atoms with van der Waals surface area (Å²) in [5.41, 5.74) is 4.55. The fourth-order valence-electron chi connectivity index (χ4n) is 2.57. The van der Waals surface area contributed by atoms with Crippen LogP contribution in [-0.2, 0) is 6.54 Å².